The lowest BCUT2D eigenvalue weighted by molar-refractivity contribution is -0.115. The van der Waals surface area contributed by atoms with E-state index in [9.17, 15) is 14.7 Å². The molecule has 6 heteroatoms. The zero-order valence-electron chi connectivity index (χ0n) is 23.0. The quantitative estimate of drug-likeness (QED) is 0.110. The number of furan rings is 1. The van der Waals surface area contributed by atoms with Crippen LogP contribution in [-0.2, 0) is 4.79 Å². The second-order valence-corrected chi connectivity index (χ2v) is 10.4. The zero-order chi connectivity index (χ0) is 26.6. The molecule has 0 saturated carbocycles. The van der Waals surface area contributed by atoms with Crippen LogP contribution in [0.25, 0.3) is 11.0 Å². The second-order valence-electron chi connectivity index (χ2n) is 10.4. The number of fused-ring (bicyclic) bond motifs is 1. The molecular weight excluding hydrogens is 464 g/mol. The third kappa shape index (κ3) is 13.3. The first-order valence-electron chi connectivity index (χ1n) is 14.8. The van der Waals surface area contributed by atoms with Crippen molar-refractivity contribution in [3.8, 4) is 0 Å². The van der Waals surface area contributed by atoms with E-state index in [0.29, 0.717) is 18.4 Å². The molecule has 1 amide bonds. The Hall–Kier alpha value is -2.18. The average molecular weight is 515 g/mol. The Balaban J connectivity index is 1.46. The summed E-state index contributed by atoms with van der Waals surface area (Å²) in [6.45, 7) is 3.39. The highest BCUT2D eigenvalue weighted by molar-refractivity contribution is 5.96. The zero-order valence-corrected chi connectivity index (χ0v) is 23.0. The molecule has 1 heterocycles. The topological polar surface area (TPSA) is 91.6 Å². The highest BCUT2D eigenvalue weighted by Gasteiger charge is 2.23. The molecule has 0 unspecified atom stereocenters. The van der Waals surface area contributed by atoms with Crippen LogP contribution in [0.15, 0.2) is 34.7 Å². The van der Waals surface area contributed by atoms with Gasteiger partial charge in [-0.25, -0.2) is 0 Å². The summed E-state index contributed by atoms with van der Waals surface area (Å²) in [7, 11) is 0. The maximum Gasteiger partial charge on any atom is 0.287 e. The van der Waals surface area contributed by atoms with Crippen molar-refractivity contribution in [3.05, 3.63) is 36.1 Å². The first-order valence-corrected chi connectivity index (χ1v) is 14.8. The Morgan fingerprint density at radius 3 is 1.95 bits per heavy atom. The van der Waals surface area contributed by atoms with Crippen molar-refractivity contribution in [1.82, 2.24) is 10.6 Å². The smallest absolute Gasteiger partial charge is 0.287 e. The number of rotatable bonds is 23. The summed E-state index contributed by atoms with van der Waals surface area (Å²) in [6, 6.07) is 8.34. The fourth-order valence-electron chi connectivity index (χ4n) is 4.74. The number of amides is 1. The molecule has 0 aliphatic rings. The lowest BCUT2D eigenvalue weighted by atomic mass is 10.0. The predicted molar refractivity (Wildman–Crippen MR) is 152 cm³/mol. The molecule has 0 bridgehead atoms. The minimum Gasteiger partial charge on any atom is -0.451 e. The van der Waals surface area contributed by atoms with Crippen LogP contribution in [0, 0.1) is 0 Å². The molecular formula is C31H50N2O4. The Bertz CT molecular complexity index is 833. The largest absolute Gasteiger partial charge is 0.451 e. The van der Waals surface area contributed by atoms with Gasteiger partial charge in [0.1, 0.15) is 11.7 Å². The number of unbranched alkanes of at least 4 members (excludes halogenated alkanes) is 15. The highest BCUT2D eigenvalue weighted by atomic mass is 16.3. The van der Waals surface area contributed by atoms with Crippen LogP contribution in [0.1, 0.15) is 120 Å². The van der Waals surface area contributed by atoms with Crippen molar-refractivity contribution in [3.63, 3.8) is 0 Å². The van der Waals surface area contributed by atoms with Gasteiger partial charge in [-0.15, -0.1) is 0 Å². The number of nitrogens with one attached hydrogen (secondary N) is 2. The molecule has 0 aliphatic carbocycles. The predicted octanol–water partition coefficient (Wildman–Crippen LogP) is 6.94. The fourth-order valence-corrected chi connectivity index (χ4v) is 4.74. The number of aldehydes is 1. The van der Waals surface area contributed by atoms with Crippen molar-refractivity contribution in [1.29, 1.82) is 0 Å². The van der Waals surface area contributed by atoms with Crippen molar-refractivity contribution in [2.45, 2.75) is 122 Å². The van der Waals surface area contributed by atoms with Crippen LogP contribution in [0.5, 0.6) is 0 Å². The third-order valence-electron chi connectivity index (χ3n) is 7.09. The van der Waals surface area contributed by atoms with Crippen LogP contribution < -0.4 is 10.6 Å². The van der Waals surface area contributed by atoms with E-state index in [1.54, 1.807) is 12.1 Å². The van der Waals surface area contributed by atoms with Gasteiger partial charge in [0, 0.05) is 11.9 Å². The van der Waals surface area contributed by atoms with Gasteiger partial charge in [-0.05, 0) is 25.1 Å². The van der Waals surface area contributed by atoms with E-state index in [1.807, 2.05) is 18.2 Å². The first kappa shape index (κ1) is 31.0. The van der Waals surface area contributed by atoms with Crippen molar-refractivity contribution < 1.29 is 19.1 Å². The van der Waals surface area contributed by atoms with E-state index < -0.39 is 18.1 Å². The molecule has 1 aromatic carbocycles. The Kier molecular flexibility index (Phi) is 16.7. The maximum absolute atomic E-state index is 12.6. The summed E-state index contributed by atoms with van der Waals surface area (Å²) in [6.07, 6.45) is 20.6. The van der Waals surface area contributed by atoms with Gasteiger partial charge in [0.2, 0.25) is 0 Å². The highest BCUT2D eigenvalue weighted by Crippen LogP contribution is 2.19. The molecule has 0 radical (unpaired) electrons. The lowest BCUT2D eigenvalue weighted by Crippen LogP contribution is -2.50. The number of aliphatic hydroxyl groups is 1. The molecule has 1 aromatic heterocycles. The van der Waals surface area contributed by atoms with Gasteiger partial charge < -0.3 is 25.0 Å². The Morgan fingerprint density at radius 2 is 1.41 bits per heavy atom. The van der Waals surface area contributed by atoms with Crippen LogP contribution in [-0.4, -0.2) is 42.5 Å². The summed E-state index contributed by atoms with van der Waals surface area (Å²) >= 11 is 0. The van der Waals surface area contributed by atoms with Crippen molar-refractivity contribution >= 4 is 23.2 Å². The number of carbonyl (C=O) groups is 2. The van der Waals surface area contributed by atoms with E-state index in [0.717, 1.165) is 24.8 Å². The van der Waals surface area contributed by atoms with Gasteiger partial charge in [0.05, 0.1) is 6.04 Å². The molecule has 2 atom stereocenters. The van der Waals surface area contributed by atoms with Crippen molar-refractivity contribution in [2.75, 3.05) is 13.1 Å². The second kappa shape index (κ2) is 19.9. The molecule has 0 fully saturated rings. The number of benzene rings is 1. The van der Waals surface area contributed by atoms with Crippen LogP contribution in [0.4, 0.5) is 0 Å². The van der Waals surface area contributed by atoms with E-state index in [4.69, 9.17) is 4.42 Å². The molecule has 0 saturated heterocycles. The van der Waals surface area contributed by atoms with E-state index in [2.05, 4.69) is 17.6 Å². The number of hydrogen-bond donors (Lipinski definition) is 3. The van der Waals surface area contributed by atoms with Crippen molar-refractivity contribution in [2.24, 2.45) is 0 Å². The van der Waals surface area contributed by atoms with Crippen LogP contribution in [0.3, 0.4) is 0 Å². The summed E-state index contributed by atoms with van der Waals surface area (Å²) in [5.74, 6) is -0.270. The van der Waals surface area contributed by atoms with Gasteiger partial charge in [-0.3, -0.25) is 4.79 Å². The number of para-hydroxylation sites is 1. The van der Waals surface area contributed by atoms with Crippen LogP contribution in [0.2, 0.25) is 0 Å². The first-order chi connectivity index (χ1) is 18.2. The van der Waals surface area contributed by atoms with E-state index >= 15 is 0 Å². The third-order valence-corrected chi connectivity index (χ3v) is 7.09. The molecule has 208 valence electrons. The molecule has 0 aliphatic heterocycles. The molecule has 6 nitrogen and oxygen atoms in total. The summed E-state index contributed by atoms with van der Waals surface area (Å²) in [5.41, 5.74) is 0.627. The van der Waals surface area contributed by atoms with E-state index in [1.165, 1.54) is 89.9 Å². The molecule has 2 aromatic rings. The summed E-state index contributed by atoms with van der Waals surface area (Å²) in [5, 5.41) is 16.9. The Labute approximate surface area is 224 Å². The SMILES string of the molecule is CCCCCCCCCCCCCCCCCCNC[C@H](NC(=O)c1cc2ccccc2o1)[C@@H](O)C=O. The standard InChI is InChI=1S/C31H50N2O4/c1-2-3-4-5-6-7-8-9-10-11-12-13-14-15-16-19-22-32-24-27(28(35)25-34)33-31(36)30-23-26-20-17-18-21-29(26)37-30/h17-18,20-21,23,25,27-28,32,35H,2-16,19,22,24H2,1H3,(H,33,36)/t27-,28-/m0/s1. The van der Waals surface area contributed by atoms with Gasteiger partial charge in [0.25, 0.3) is 5.91 Å². The molecule has 3 N–H and O–H groups in total. The van der Waals surface area contributed by atoms with Crippen LogP contribution >= 0.6 is 0 Å². The monoisotopic (exact) mass is 514 g/mol. The number of aliphatic hydroxyl groups excluding tert-OH is 1. The molecule has 37 heavy (non-hydrogen) atoms. The number of hydrogen-bond acceptors (Lipinski definition) is 5. The Morgan fingerprint density at radius 1 is 0.865 bits per heavy atom. The normalized spacial score (nSPS) is 13.0. The summed E-state index contributed by atoms with van der Waals surface area (Å²) < 4.78 is 5.58. The summed E-state index contributed by atoms with van der Waals surface area (Å²) in [4.78, 5) is 23.7. The van der Waals surface area contributed by atoms with Gasteiger partial charge in [-0.1, -0.05) is 121 Å². The minimum atomic E-state index is -1.27. The van der Waals surface area contributed by atoms with Gasteiger partial charge >= 0.3 is 0 Å². The molecule has 0 spiro atoms. The van der Waals surface area contributed by atoms with Gasteiger partial charge in [0.15, 0.2) is 12.0 Å². The van der Waals surface area contributed by atoms with Gasteiger partial charge in [-0.2, -0.15) is 0 Å². The number of carbonyl (C=O) groups excluding carboxylic acids is 2. The minimum absolute atomic E-state index is 0.169. The average Bonchev–Trinajstić information content (AvgIpc) is 3.36. The molecule has 2 rings (SSSR count). The fraction of sp³-hybridized carbons (Fsp3) is 0.677. The maximum atomic E-state index is 12.6. The van der Waals surface area contributed by atoms with E-state index in [-0.39, 0.29) is 5.76 Å². The lowest BCUT2D eigenvalue weighted by Gasteiger charge is -2.20.